The Morgan fingerprint density at radius 1 is 1.43 bits per heavy atom. The summed E-state index contributed by atoms with van der Waals surface area (Å²) in [6.07, 6.45) is 3.32. The number of hydrogen-bond donors (Lipinski definition) is 2. The first kappa shape index (κ1) is 11.6. The summed E-state index contributed by atoms with van der Waals surface area (Å²) in [7, 11) is 0. The summed E-state index contributed by atoms with van der Waals surface area (Å²) in [5.41, 5.74) is 2.59. The Balaban J connectivity index is 0.000000461. The molecule has 0 aliphatic carbocycles. The summed E-state index contributed by atoms with van der Waals surface area (Å²) in [6, 6.07) is 0. The van der Waals surface area contributed by atoms with Gasteiger partial charge in [0.05, 0.1) is 5.69 Å². The molecule has 0 amide bonds. The molecule has 78 valence electrons. The first-order valence-electron chi connectivity index (χ1n) is 4.94. The Labute approximate surface area is 94.1 Å². The lowest BCUT2D eigenvalue weighted by atomic mass is 10.1. The van der Waals surface area contributed by atoms with Crippen molar-refractivity contribution in [2.45, 2.75) is 20.3 Å². The van der Waals surface area contributed by atoms with Crippen LogP contribution < -0.4 is 5.32 Å². The van der Waals surface area contributed by atoms with Gasteiger partial charge in [-0.3, -0.25) is 0 Å². The molecule has 2 rings (SSSR count). The molecule has 1 aliphatic heterocycles. The van der Waals surface area contributed by atoms with Crippen LogP contribution in [-0.2, 0) is 0 Å². The molecule has 0 saturated carbocycles. The first-order valence-corrected chi connectivity index (χ1v) is 6.23. The molecule has 0 saturated heterocycles. The number of nitrogens with one attached hydrogen (secondary N) is 2. The third kappa shape index (κ3) is 3.04. The lowest BCUT2D eigenvalue weighted by Crippen LogP contribution is -2.20. The van der Waals surface area contributed by atoms with E-state index >= 15 is 0 Å². The molecular weight excluding hydrogens is 212 g/mol. The summed E-state index contributed by atoms with van der Waals surface area (Å²) in [5, 5.41) is 5.38. The summed E-state index contributed by atoms with van der Waals surface area (Å²) >= 11 is 6.62. The number of thiazole rings is 1. The zero-order chi connectivity index (χ0) is 10.4. The van der Waals surface area contributed by atoms with Gasteiger partial charge in [-0.05, 0) is 30.8 Å². The Kier molecular flexibility index (Phi) is 5.07. The average Bonchev–Trinajstić information content (AvgIpc) is 2.69. The standard InChI is InChI=1S/C8H10N2S2.C2H6/c11-8-10-7(5-12-8)6-1-3-9-4-2-6;1-2/h1,5,9H,2-4H2,(H,10,11);1-2H3. The average molecular weight is 228 g/mol. The zero-order valence-corrected chi connectivity index (χ0v) is 10.2. The van der Waals surface area contributed by atoms with Crippen molar-refractivity contribution in [1.82, 2.24) is 10.3 Å². The molecular formula is C10H16N2S2. The fraction of sp³-hybridized carbons (Fsp3) is 0.500. The van der Waals surface area contributed by atoms with Crippen molar-refractivity contribution in [3.05, 3.63) is 21.1 Å². The molecule has 4 heteroatoms. The van der Waals surface area contributed by atoms with E-state index in [1.807, 2.05) is 13.8 Å². The van der Waals surface area contributed by atoms with Gasteiger partial charge in [-0.2, -0.15) is 0 Å². The highest BCUT2D eigenvalue weighted by atomic mass is 32.1. The van der Waals surface area contributed by atoms with E-state index in [2.05, 4.69) is 21.8 Å². The Hall–Kier alpha value is -0.450. The molecule has 2 nitrogen and oxygen atoms in total. The molecule has 0 fully saturated rings. The summed E-state index contributed by atoms with van der Waals surface area (Å²) in [5.74, 6) is 0. The summed E-state index contributed by atoms with van der Waals surface area (Å²) in [6.45, 7) is 6.05. The van der Waals surface area contributed by atoms with E-state index in [9.17, 15) is 0 Å². The highest BCUT2D eigenvalue weighted by molar-refractivity contribution is 7.73. The quantitative estimate of drug-likeness (QED) is 0.722. The van der Waals surface area contributed by atoms with E-state index in [1.165, 1.54) is 11.3 Å². The molecule has 14 heavy (non-hydrogen) atoms. The smallest absolute Gasteiger partial charge is 0.158 e. The lowest BCUT2D eigenvalue weighted by Gasteiger charge is -2.11. The van der Waals surface area contributed by atoms with Crippen LogP contribution in [0.3, 0.4) is 0 Å². The minimum absolute atomic E-state index is 0.865. The van der Waals surface area contributed by atoms with Crippen molar-refractivity contribution in [3.8, 4) is 0 Å². The van der Waals surface area contributed by atoms with E-state index in [-0.39, 0.29) is 0 Å². The van der Waals surface area contributed by atoms with Gasteiger partial charge in [-0.1, -0.05) is 19.9 Å². The minimum Gasteiger partial charge on any atom is -0.337 e. The maximum absolute atomic E-state index is 5.02. The van der Waals surface area contributed by atoms with E-state index in [0.717, 1.165) is 23.5 Å². The monoisotopic (exact) mass is 228 g/mol. The van der Waals surface area contributed by atoms with Gasteiger partial charge in [0, 0.05) is 11.9 Å². The van der Waals surface area contributed by atoms with E-state index in [4.69, 9.17) is 12.2 Å². The second-order valence-corrected chi connectivity index (χ2v) is 4.29. The third-order valence-corrected chi connectivity index (χ3v) is 2.99. The fourth-order valence-electron chi connectivity index (χ4n) is 1.30. The lowest BCUT2D eigenvalue weighted by molar-refractivity contribution is 0.737. The van der Waals surface area contributed by atoms with Gasteiger partial charge in [0.1, 0.15) is 0 Å². The van der Waals surface area contributed by atoms with Gasteiger partial charge in [0.25, 0.3) is 0 Å². The third-order valence-electron chi connectivity index (χ3n) is 1.93. The number of H-pyrrole nitrogens is 1. The van der Waals surface area contributed by atoms with Crippen LogP contribution in [0.1, 0.15) is 26.0 Å². The SMILES string of the molecule is CC.S=c1[nH]c(C2=CCNCC2)cs1. The van der Waals surface area contributed by atoms with Crippen LogP contribution >= 0.6 is 23.6 Å². The number of aromatic nitrogens is 1. The van der Waals surface area contributed by atoms with Crippen LogP contribution in [-0.4, -0.2) is 18.1 Å². The van der Waals surface area contributed by atoms with Crippen LogP contribution in [0.2, 0.25) is 0 Å². The zero-order valence-electron chi connectivity index (χ0n) is 8.59. The van der Waals surface area contributed by atoms with Crippen molar-refractivity contribution in [3.63, 3.8) is 0 Å². The molecule has 0 atom stereocenters. The highest BCUT2D eigenvalue weighted by Crippen LogP contribution is 2.19. The number of rotatable bonds is 1. The van der Waals surface area contributed by atoms with Gasteiger partial charge < -0.3 is 10.3 Å². The topological polar surface area (TPSA) is 27.8 Å². The second-order valence-electron chi connectivity index (χ2n) is 2.75. The molecule has 1 aliphatic rings. The van der Waals surface area contributed by atoms with Crippen LogP contribution in [0.4, 0.5) is 0 Å². The fourth-order valence-corrected chi connectivity index (χ4v) is 2.16. The molecule has 0 bridgehead atoms. The summed E-state index contributed by atoms with van der Waals surface area (Å²) < 4.78 is 0.865. The van der Waals surface area contributed by atoms with Gasteiger partial charge >= 0.3 is 0 Å². The largest absolute Gasteiger partial charge is 0.337 e. The molecule has 2 heterocycles. The summed E-state index contributed by atoms with van der Waals surface area (Å²) in [4.78, 5) is 3.18. The molecule has 0 radical (unpaired) electrons. The highest BCUT2D eigenvalue weighted by Gasteiger charge is 2.05. The van der Waals surface area contributed by atoms with Gasteiger partial charge in [0.15, 0.2) is 3.95 Å². The Morgan fingerprint density at radius 2 is 2.21 bits per heavy atom. The first-order chi connectivity index (χ1) is 6.86. The number of hydrogen-bond acceptors (Lipinski definition) is 3. The van der Waals surface area contributed by atoms with Crippen LogP contribution in [0.15, 0.2) is 11.5 Å². The molecule has 0 spiro atoms. The van der Waals surface area contributed by atoms with E-state index < -0.39 is 0 Å². The Bertz CT molecular complexity index is 349. The molecule has 1 aromatic heterocycles. The second kappa shape index (κ2) is 6.11. The van der Waals surface area contributed by atoms with Gasteiger partial charge in [-0.25, -0.2) is 0 Å². The van der Waals surface area contributed by atoms with Crippen molar-refractivity contribution < 1.29 is 0 Å². The van der Waals surface area contributed by atoms with Gasteiger partial charge in [0.2, 0.25) is 0 Å². The predicted octanol–water partition coefficient (Wildman–Crippen LogP) is 3.21. The van der Waals surface area contributed by atoms with Crippen molar-refractivity contribution in [1.29, 1.82) is 0 Å². The number of aromatic amines is 1. The maximum Gasteiger partial charge on any atom is 0.158 e. The molecule has 1 aromatic rings. The van der Waals surface area contributed by atoms with Crippen LogP contribution in [0.25, 0.3) is 5.57 Å². The Morgan fingerprint density at radius 3 is 2.71 bits per heavy atom. The van der Waals surface area contributed by atoms with Gasteiger partial charge in [-0.15, -0.1) is 11.3 Å². The van der Waals surface area contributed by atoms with Crippen LogP contribution in [0, 0.1) is 3.95 Å². The van der Waals surface area contributed by atoms with Crippen molar-refractivity contribution in [2.24, 2.45) is 0 Å². The molecule has 2 N–H and O–H groups in total. The minimum atomic E-state index is 0.865. The predicted molar refractivity (Wildman–Crippen MR) is 66.3 cm³/mol. The van der Waals surface area contributed by atoms with Crippen molar-refractivity contribution >= 4 is 29.1 Å². The maximum atomic E-state index is 5.02. The van der Waals surface area contributed by atoms with Crippen LogP contribution in [0.5, 0.6) is 0 Å². The molecule has 0 unspecified atom stereocenters. The van der Waals surface area contributed by atoms with Crippen molar-refractivity contribution in [2.75, 3.05) is 13.1 Å². The normalized spacial score (nSPS) is 15.4. The van der Waals surface area contributed by atoms with E-state index in [1.54, 1.807) is 11.3 Å². The van der Waals surface area contributed by atoms with E-state index in [0.29, 0.717) is 0 Å². The molecule has 0 aromatic carbocycles.